The molecule has 1 heterocycles. The number of hydrogen-bond acceptors (Lipinski definition) is 5. The summed E-state index contributed by atoms with van der Waals surface area (Å²) in [6, 6.07) is 29.1. The van der Waals surface area contributed by atoms with Crippen molar-refractivity contribution in [3.63, 3.8) is 0 Å². The third-order valence-electron chi connectivity index (χ3n) is 6.21. The highest BCUT2D eigenvalue weighted by atomic mass is 32.1. The zero-order valence-corrected chi connectivity index (χ0v) is 22.0. The molecule has 0 saturated heterocycles. The van der Waals surface area contributed by atoms with Crippen molar-refractivity contribution < 1.29 is 4.79 Å². The third-order valence-corrected chi connectivity index (χ3v) is 7.00. The standard InChI is InChI=1S/C30H34N4OS/c1-22(2)34(30-32-28(33-36-30)21-25-16-14-23(3)15-17-25)19-18-29(35)31-27(26-12-8-5-9-13-26)20-24-10-6-4-7-11-24/h4-17,22,27H,18-21H2,1-3H3,(H,31,35). The van der Waals surface area contributed by atoms with Crippen molar-refractivity contribution in [2.45, 2.75) is 52.1 Å². The van der Waals surface area contributed by atoms with Crippen molar-refractivity contribution >= 4 is 22.6 Å². The number of benzene rings is 3. The SMILES string of the molecule is Cc1ccc(Cc2nsc(N(CCC(=O)NC(Cc3ccccc3)c3ccccc3)C(C)C)n2)cc1. The van der Waals surface area contributed by atoms with Crippen LogP contribution in [0.1, 0.15) is 54.4 Å². The van der Waals surface area contributed by atoms with Crippen LogP contribution in [0, 0.1) is 6.92 Å². The lowest BCUT2D eigenvalue weighted by molar-refractivity contribution is -0.121. The van der Waals surface area contributed by atoms with Crippen LogP contribution in [0.4, 0.5) is 5.13 Å². The number of aryl methyl sites for hydroxylation is 1. The minimum Gasteiger partial charge on any atom is -0.349 e. The highest BCUT2D eigenvalue weighted by molar-refractivity contribution is 7.09. The highest BCUT2D eigenvalue weighted by Gasteiger charge is 2.20. The molecule has 36 heavy (non-hydrogen) atoms. The van der Waals surface area contributed by atoms with Gasteiger partial charge in [0.1, 0.15) is 5.82 Å². The fourth-order valence-electron chi connectivity index (χ4n) is 4.17. The minimum atomic E-state index is -0.0729. The molecule has 4 rings (SSSR count). The van der Waals surface area contributed by atoms with Crippen LogP contribution in [-0.2, 0) is 17.6 Å². The molecule has 6 heteroatoms. The molecular weight excluding hydrogens is 464 g/mol. The van der Waals surface area contributed by atoms with Crippen molar-refractivity contribution in [2.24, 2.45) is 0 Å². The van der Waals surface area contributed by atoms with Crippen molar-refractivity contribution in [1.29, 1.82) is 0 Å². The van der Waals surface area contributed by atoms with E-state index < -0.39 is 0 Å². The molecule has 0 aliphatic heterocycles. The van der Waals surface area contributed by atoms with Crippen molar-refractivity contribution in [3.05, 3.63) is 113 Å². The molecule has 0 aliphatic carbocycles. The van der Waals surface area contributed by atoms with Gasteiger partial charge in [0.15, 0.2) is 0 Å². The molecule has 186 valence electrons. The summed E-state index contributed by atoms with van der Waals surface area (Å²) in [5.41, 5.74) is 4.75. The van der Waals surface area contributed by atoms with Gasteiger partial charge < -0.3 is 10.2 Å². The van der Waals surface area contributed by atoms with Gasteiger partial charge in [-0.3, -0.25) is 4.79 Å². The number of rotatable bonds is 11. The molecule has 1 aromatic heterocycles. The molecule has 4 aromatic rings. The number of amides is 1. The summed E-state index contributed by atoms with van der Waals surface area (Å²) in [5, 5.41) is 4.14. The van der Waals surface area contributed by atoms with E-state index in [1.54, 1.807) is 0 Å². The number of carbonyl (C=O) groups is 1. The zero-order valence-electron chi connectivity index (χ0n) is 21.2. The number of carbonyl (C=O) groups excluding carboxylic acids is 1. The largest absolute Gasteiger partial charge is 0.349 e. The van der Waals surface area contributed by atoms with Crippen molar-refractivity contribution in [2.75, 3.05) is 11.4 Å². The minimum absolute atomic E-state index is 0.0369. The van der Waals surface area contributed by atoms with Crippen LogP contribution in [0.5, 0.6) is 0 Å². The van der Waals surface area contributed by atoms with Gasteiger partial charge in [0.05, 0.1) is 6.04 Å². The molecule has 1 unspecified atom stereocenters. The summed E-state index contributed by atoms with van der Waals surface area (Å²) in [4.78, 5) is 20.0. The fourth-order valence-corrected chi connectivity index (χ4v) is 5.02. The van der Waals surface area contributed by atoms with Crippen molar-refractivity contribution in [1.82, 2.24) is 14.7 Å². The molecule has 5 nitrogen and oxygen atoms in total. The van der Waals surface area contributed by atoms with Crippen molar-refractivity contribution in [3.8, 4) is 0 Å². The molecule has 1 amide bonds. The summed E-state index contributed by atoms with van der Waals surface area (Å²) in [6.45, 7) is 6.93. The van der Waals surface area contributed by atoms with Gasteiger partial charge >= 0.3 is 0 Å². The zero-order chi connectivity index (χ0) is 25.3. The number of aromatic nitrogens is 2. The average molecular weight is 499 g/mol. The summed E-state index contributed by atoms with van der Waals surface area (Å²) in [7, 11) is 0. The van der Waals surface area contributed by atoms with E-state index in [2.05, 4.69) is 83.9 Å². The van der Waals surface area contributed by atoms with E-state index in [1.807, 2.05) is 36.4 Å². The number of hydrogen-bond donors (Lipinski definition) is 1. The summed E-state index contributed by atoms with van der Waals surface area (Å²) < 4.78 is 4.59. The first-order valence-corrected chi connectivity index (χ1v) is 13.3. The molecule has 3 aromatic carbocycles. The Morgan fingerprint density at radius 2 is 1.58 bits per heavy atom. The van der Waals surface area contributed by atoms with Crippen LogP contribution in [0.2, 0.25) is 0 Å². The fraction of sp³-hybridized carbons (Fsp3) is 0.300. The van der Waals surface area contributed by atoms with E-state index in [-0.39, 0.29) is 18.0 Å². The molecule has 0 radical (unpaired) electrons. The Morgan fingerprint density at radius 3 is 2.25 bits per heavy atom. The Kier molecular flexibility index (Phi) is 8.85. The maximum absolute atomic E-state index is 13.1. The quantitative estimate of drug-likeness (QED) is 0.270. The molecular formula is C30H34N4OS. The van der Waals surface area contributed by atoms with Gasteiger partial charge in [0.25, 0.3) is 0 Å². The third kappa shape index (κ3) is 7.25. The van der Waals surface area contributed by atoms with Gasteiger partial charge in [-0.05, 0) is 43.9 Å². The van der Waals surface area contributed by atoms with Crippen LogP contribution < -0.4 is 10.2 Å². The topological polar surface area (TPSA) is 58.1 Å². The first kappa shape index (κ1) is 25.6. The van der Waals surface area contributed by atoms with E-state index in [0.717, 1.165) is 22.9 Å². The van der Waals surface area contributed by atoms with Gasteiger partial charge in [-0.25, -0.2) is 4.98 Å². The highest BCUT2D eigenvalue weighted by Crippen LogP contribution is 2.23. The van der Waals surface area contributed by atoms with E-state index in [0.29, 0.717) is 19.4 Å². The van der Waals surface area contributed by atoms with E-state index in [4.69, 9.17) is 4.98 Å². The maximum atomic E-state index is 13.1. The molecule has 0 saturated carbocycles. The molecule has 0 aliphatic rings. The first-order chi connectivity index (χ1) is 17.5. The maximum Gasteiger partial charge on any atom is 0.222 e. The Labute approximate surface area is 218 Å². The lowest BCUT2D eigenvalue weighted by Crippen LogP contribution is -2.36. The monoisotopic (exact) mass is 498 g/mol. The van der Waals surface area contributed by atoms with Gasteiger partial charge in [-0.2, -0.15) is 4.37 Å². The lowest BCUT2D eigenvalue weighted by atomic mass is 9.98. The van der Waals surface area contributed by atoms with Crippen LogP contribution in [0.25, 0.3) is 0 Å². The second kappa shape index (κ2) is 12.5. The number of nitrogens with zero attached hydrogens (tertiary/aromatic N) is 3. The number of anilines is 1. The summed E-state index contributed by atoms with van der Waals surface area (Å²) in [5.74, 6) is 0.857. The van der Waals surface area contributed by atoms with Crippen LogP contribution in [-0.4, -0.2) is 27.9 Å². The smallest absolute Gasteiger partial charge is 0.222 e. The van der Waals surface area contributed by atoms with E-state index in [9.17, 15) is 4.79 Å². The molecule has 0 fully saturated rings. The normalized spacial score (nSPS) is 11.9. The molecule has 1 N–H and O–H groups in total. The molecule has 0 spiro atoms. The van der Waals surface area contributed by atoms with Gasteiger partial charge in [-0.1, -0.05) is 90.5 Å². The average Bonchev–Trinajstić information content (AvgIpc) is 3.34. The lowest BCUT2D eigenvalue weighted by Gasteiger charge is -2.26. The van der Waals surface area contributed by atoms with Crippen LogP contribution in [0.15, 0.2) is 84.9 Å². The van der Waals surface area contributed by atoms with Crippen LogP contribution in [0.3, 0.4) is 0 Å². The predicted molar refractivity (Wildman–Crippen MR) is 148 cm³/mol. The summed E-state index contributed by atoms with van der Waals surface area (Å²) >= 11 is 1.41. The van der Waals surface area contributed by atoms with E-state index >= 15 is 0 Å². The Hall–Kier alpha value is -3.51. The first-order valence-electron chi connectivity index (χ1n) is 12.5. The second-order valence-corrected chi connectivity index (χ2v) is 10.1. The Morgan fingerprint density at radius 1 is 0.917 bits per heavy atom. The Balaban J connectivity index is 1.39. The number of nitrogens with one attached hydrogen (secondary N) is 1. The second-order valence-electron chi connectivity index (χ2n) is 9.41. The molecule has 0 bridgehead atoms. The molecule has 1 atom stereocenters. The van der Waals surface area contributed by atoms with Gasteiger partial charge in [0.2, 0.25) is 11.0 Å². The predicted octanol–water partition coefficient (Wildman–Crippen LogP) is 6.14. The van der Waals surface area contributed by atoms with Gasteiger partial charge in [-0.15, -0.1) is 0 Å². The Bertz CT molecular complexity index is 1220. The van der Waals surface area contributed by atoms with Crippen LogP contribution >= 0.6 is 11.5 Å². The van der Waals surface area contributed by atoms with Gasteiger partial charge in [0, 0.05) is 37.0 Å². The van der Waals surface area contributed by atoms with E-state index in [1.165, 1.54) is 28.2 Å². The summed E-state index contributed by atoms with van der Waals surface area (Å²) in [6.07, 6.45) is 1.86.